The van der Waals surface area contributed by atoms with E-state index in [1.165, 1.54) is 11.1 Å². The van der Waals surface area contributed by atoms with Crippen molar-refractivity contribution in [2.75, 3.05) is 44.2 Å². The minimum absolute atomic E-state index is 0.118. The van der Waals surface area contributed by atoms with Gasteiger partial charge < -0.3 is 14.7 Å². The Bertz CT molecular complexity index is 763. The lowest BCUT2D eigenvalue weighted by atomic mass is 9.89. The monoisotopic (exact) mass is 401 g/mol. The molecule has 2 atom stereocenters. The third-order valence-electron chi connectivity index (χ3n) is 5.68. The van der Waals surface area contributed by atoms with Crippen molar-refractivity contribution >= 4 is 17.4 Å². The number of aliphatic hydroxyl groups is 1. The number of nitrogens with zero attached hydrogens (tertiary/aromatic N) is 3. The molecule has 1 aromatic heterocycles. The summed E-state index contributed by atoms with van der Waals surface area (Å²) in [6.45, 7) is 4.66. The van der Waals surface area contributed by atoms with Crippen molar-refractivity contribution in [3.05, 3.63) is 58.7 Å². The van der Waals surface area contributed by atoms with E-state index in [1.54, 1.807) is 6.20 Å². The molecule has 2 aromatic rings. The van der Waals surface area contributed by atoms with Crippen molar-refractivity contribution in [3.8, 4) is 0 Å². The maximum Gasteiger partial charge on any atom is 0.128 e. The number of aliphatic hydroxyl groups excluding tert-OH is 1. The van der Waals surface area contributed by atoms with Gasteiger partial charge in [-0.3, -0.25) is 4.90 Å². The highest BCUT2D eigenvalue weighted by Gasteiger charge is 2.23. The van der Waals surface area contributed by atoms with Crippen molar-refractivity contribution in [2.24, 2.45) is 0 Å². The zero-order valence-electron chi connectivity index (χ0n) is 16.1. The van der Waals surface area contributed by atoms with Crippen LogP contribution in [-0.2, 0) is 11.2 Å². The van der Waals surface area contributed by atoms with Gasteiger partial charge in [0.15, 0.2) is 0 Å². The Labute approximate surface area is 171 Å². The van der Waals surface area contributed by atoms with Crippen LogP contribution in [0.2, 0.25) is 5.02 Å². The van der Waals surface area contributed by atoms with Crippen LogP contribution < -0.4 is 4.90 Å². The first-order valence-corrected chi connectivity index (χ1v) is 10.5. The molecule has 28 heavy (non-hydrogen) atoms. The first kappa shape index (κ1) is 19.6. The highest BCUT2D eigenvalue weighted by atomic mass is 35.5. The Morgan fingerprint density at radius 2 is 1.96 bits per heavy atom. The lowest BCUT2D eigenvalue weighted by Crippen LogP contribution is -2.49. The van der Waals surface area contributed by atoms with Gasteiger partial charge in [0, 0.05) is 38.9 Å². The number of aryl methyl sites for hydroxylation is 1. The maximum absolute atomic E-state index is 10.5. The van der Waals surface area contributed by atoms with Crippen LogP contribution in [0, 0.1) is 0 Å². The number of benzene rings is 1. The normalized spacial score (nSPS) is 21.4. The molecule has 0 saturated carbocycles. The van der Waals surface area contributed by atoms with Crippen molar-refractivity contribution in [1.29, 1.82) is 0 Å². The predicted octanol–water partition coefficient (Wildman–Crippen LogP) is 3.31. The molecule has 1 fully saturated rings. The largest absolute Gasteiger partial charge is 0.389 e. The van der Waals surface area contributed by atoms with Crippen molar-refractivity contribution < 1.29 is 9.84 Å². The minimum Gasteiger partial charge on any atom is -0.389 e. The summed E-state index contributed by atoms with van der Waals surface area (Å²) in [5.41, 5.74) is 2.69. The van der Waals surface area contributed by atoms with Crippen LogP contribution in [0.5, 0.6) is 0 Å². The number of fused-ring (bicyclic) bond motifs is 1. The van der Waals surface area contributed by atoms with Crippen LogP contribution in [0.25, 0.3) is 0 Å². The molecule has 2 heterocycles. The van der Waals surface area contributed by atoms with Crippen molar-refractivity contribution in [2.45, 2.75) is 31.5 Å². The Morgan fingerprint density at radius 3 is 2.75 bits per heavy atom. The SMILES string of the molecule is OC(COC1CCCc2ccccc21)CN1CCN(c2ccc(Cl)cn2)CC1. The van der Waals surface area contributed by atoms with Crippen LogP contribution in [0.4, 0.5) is 5.82 Å². The van der Waals surface area contributed by atoms with E-state index < -0.39 is 6.10 Å². The number of piperazine rings is 1. The standard InChI is InChI=1S/C22H28ClN3O2/c23-18-8-9-22(24-14-18)26-12-10-25(11-13-26)15-19(27)16-28-21-7-3-5-17-4-1-2-6-20(17)21/h1-2,4,6,8-9,14,19,21,27H,3,5,7,10-13,15-16H2. The van der Waals surface area contributed by atoms with E-state index in [1.807, 2.05) is 12.1 Å². The molecule has 0 amide bonds. The summed E-state index contributed by atoms with van der Waals surface area (Å²) >= 11 is 5.92. The van der Waals surface area contributed by atoms with Crippen molar-refractivity contribution in [3.63, 3.8) is 0 Å². The fourth-order valence-electron chi connectivity index (χ4n) is 4.18. The Morgan fingerprint density at radius 1 is 1.14 bits per heavy atom. The maximum atomic E-state index is 10.5. The second-order valence-electron chi connectivity index (χ2n) is 7.69. The number of aromatic nitrogens is 1. The number of pyridine rings is 1. The summed E-state index contributed by atoms with van der Waals surface area (Å²) in [6.07, 6.45) is 4.66. The number of β-amino-alcohol motifs (C(OH)–C–C–N with tert-alkyl or cyclic N) is 1. The van der Waals surface area contributed by atoms with E-state index in [0.717, 1.165) is 51.3 Å². The number of hydrogen-bond donors (Lipinski definition) is 1. The number of hydrogen-bond acceptors (Lipinski definition) is 5. The van der Waals surface area contributed by atoms with Crippen LogP contribution in [-0.4, -0.2) is 60.4 Å². The van der Waals surface area contributed by atoms with E-state index in [-0.39, 0.29) is 6.10 Å². The van der Waals surface area contributed by atoms with Gasteiger partial charge in [-0.2, -0.15) is 0 Å². The Hall–Kier alpha value is -1.66. The summed E-state index contributed by atoms with van der Waals surface area (Å²) in [7, 11) is 0. The zero-order valence-corrected chi connectivity index (χ0v) is 16.9. The van der Waals surface area contributed by atoms with Gasteiger partial charge in [0.2, 0.25) is 0 Å². The predicted molar refractivity (Wildman–Crippen MR) is 112 cm³/mol. The molecule has 1 aliphatic carbocycles. The minimum atomic E-state index is -0.464. The Kier molecular flexibility index (Phi) is 6.47. The second-order valence-corrected chi connectivity index (χ2v) is 8.13. The topological polar surface area (TPSA) is 48.8 Å². The van der Waals surface area contributed by atoms with Gasteiger partial charge in [-0.15, -0.1) is 0 Å². The quantitative estimate of drug-likeness (QED) is 0.804. The van der Waals surface area contributed by atoms with E-state index in [9.17, 15) is 5.11 Å². The van der Waals surface area contributed by atoms with E-state index in [4.69, 9.17) is 16.3 Å². The van der Waals surface area contributed by atoms with Crippen LogP contribution >= 0.6 is 11.6 Å². The molecule has 1 aliphatic heterocycles. The molecule has 2 aliphatic rings. The fourth-order valence-corrected chi connectivity index (χ4v) is 4.29. The third-order valence-corrected chi connectivity index (χ3v) is 5.90. The van der Waals surface area contributed by atoms with Gasteiger partial charge in [0.1, 0.15) is 5.82 Å². The molecule has 0 radical (unpaired) electrons. The molecule has 150 valence electrons. The van der Waals surface area contributed by atoms with Crippen molar-refractivity contribution in [1.82, 2.24) is 9.88 Å². The molecule has 5 nitrogen and oxygen atoms in total. The molecule has 1 saturated heterocycles. The molecular weight excluding hydrogens is 374 g/mol. The fraction of sp³-hybridized carbons (Fsp3) is 0.500. The van der Waals surface area contributed by atoms with Crippen LogP contribution in [0.1, 0.15) is 30.1 Å². The average molecular weight is 402 g/mol. The smallest absolute Gasteiger partial charge is 0.128 e. The summed E-state index contributed by atoms with van der Waals surface area (Å²) < 4.78 is 6.10. The zero-order chi connectivity index (χ0) is 19.3. The summed E-state index contributed by atoms with van der Waals surface area (Å²) in [6, 6.07) is 12.4. The molecule has 4 rings (SSSR count). The van der Waals surface area contributed by atoms with Crippen LogP contribution in [0.15, 0.2) is 42.6 Å². The van der Waals surface area contributed by atoms with Crippen LogP contribution in [0.3, 0.4) is 0 Å². The lowest BCUT2D eigenvalue weighted by Gasteiger charge is -2.36. The Balaban J connectivity index is 1.22. The van der Waals surface area contributed by atoms with E-state index in [0.29, 0.717) is 18.2 Å². The number of anilines is 1. The van der Waals surface area contributed by atoms with Gasteiger partial charge in [-0.1, -0.05) is 35.9 Å². The molecule has 2 unspecified atom stereocenters. The number of halogens is 1. The molecule has 1 aromatic carbocycles. The summed E-state index contributed by atoms with van der Waals surface area (Å²) in [4.78, 5) is 8.95. The van der Waals surface area contributed by atoms with Gasteiger partial charge in [-0.05, 0) is 42.5 Å². The third kappa shape index (κ3) is 4.84. The summed E-state index contributed by atoms with van der Waals surface area (Å²) in [5, 5.41) is 11.1. The van der Waals surface area contributed by atoms with E-state index in [2.05, 4.69) is 39.0 Å². The first-order valence-electron chi connectivity index (χ1n) is 10.2. The second kappa shape index (κ2) is 9.23. The molecule has 0 bridgehead atoms. The highest BCUT2D eigenvalue weighted by Crippen LogP contribution is 2.32. The lowest BCUT2D eigenvalue weighted by molar-refractivity contribution is -0.0285. The number of ether oxygens (including phenoxy) is 1. The molecule has 0 spiro atoms. The molecular formula is C22H28ClN3O2. The van der Waals surface area contributed by atoms with Gasteiger partial charge >= 0.3 is 0 Å². The highest BCUT2D eigenvalue weighted by molar-refractivity contribution is 6.30. The van der Waals surface area contributed by atoms with Gasteiger partial charge in [0.25, 0.3) is 0 Å². The summed E-state index contributed by atoms with van der Waals surface area (Å²) in [5.74, 6) is 0.962. The molecule has 6 heteroatoms. The average Bonchev–Trinajstić information content (AvgIpc) is 2.73. The molecule has 1 N–H and O–H groups in total. The van der Waals surface area contributed by atoms with Gasteiger partial charge in [-0.25, -0.2) is 4.98 Å². The van der Waals surface area contributed by atoms with E-state index >= 15 is 0 Å². The van der Waals surface area contributed by atoms with Gasteiger partial charge in [0.05, 0.1) is 23.8 Å². The first-order chi connectivity index (χ1) is 13.7. The number of rotatable bonds is 6.